The SMILES string of the molecule is CC(C)[C@@H](CO)NC(=O)c1ccc2nc(N)sc2c1. The normalized spacial score (nSPS) is 12.8. The van der Waals surface area contributed by atoms with Gasteiger partial charge in [-0.05, 0) is 24.1 Å². The highest BCUT2D eigenvalue weighted by atomic mass is 32.1. The van der Waals surface area contributed by atoms with Gasteiger partial charge in [0, 0.05) is 5.56 Å². The lowest BCUT2D eigenvalue weighted by Crippen LogP contribution is -2.41. The van der Waals surface area contributed by atoms with E-state index >= 15 is 0 Å². The van der Waals surface area contributed by atoms with Crippen LogP contribution in [0.15, 0.2) is 18.2 Å². The number of carbonyl (C=O) groups excluding carboxylic acids is 1. The van der Waals surface area contributed by atoms with Crippen molar-refractivity contribution >= 4 is 32.6 Å². The van der Waals surface area contributed by atoms with Crippen LogP contribution in [0.3, 0.4) is 0 Å². The standard InChI is InChI=1S/C13H17N3O2S/c1-7(2)10(6-17)15-12(18)8-3-4-9-11(5-8)19-13(14)16-9/h3-5,7,10,17H,6H2,1-2H3,(H2,14,16)(H,15,18)/t10-/m1/s1. The molecule has 102 valence electrons. The molecule has 1 amide bonds. The fraction of sp³-hybridized carbons (Fsp3) is 0.385. The summed E-state index contributed by atoms with van der Waals surface area (Å²) >= 11 is 1.35. The molecule has 0 fully saturated rings. The number of thiazole rings is 1. The number of aromatic nitrogens is 1. The zero-order valence-corrected chi connectivity index (χ0v) is 11.7. The minimum atomic E-state index is -0.241. The van der Waals surface area contributed by atoms with Crippen molar-refractivity contribution in [3.05, 3.63) is 23.8 Å². The summed E-state index contributed by atoms with van der Waals surface area (Å²) in [6, 6.07) is 5.02. The topological polar surface area (TPSA) is 88.2 Å². The molecule has 1 aromatic carbocycles. The Morgan fingerprint density at radius 2 is 2.26 bits per heavy atom. The van der Waals surface area contributed by atoms with E-state index in [4.69, 9.17) is 5.73 Å². The second-order valence-electron chi connectivity index (χ2n) is 4.74. The van der Waals surface area contributed by atoms with Gasteiger partial charge in [0.25, 0.3) is 5.91 Å². The van der Waals surface area contributed by atoms with Crippen LogP contribution >= 0.6 is 11.3 Å². The van der Waals surface area contributed by atoms with Crippen molar-refractivity contribution in [1.29, 1.82) is 0 Å². The van der Waals surface area contributed by atoms with Gasteiger partial charge in [-0.2, -0.15) is 0 Å². The van der Waals surface area contributed by atoms with E-state index in [2.05, 4.69) is 10.3 Å². The Hall–Kier alpha value is -1.66. The first-order valence-electron chi connectivity index (χ1n) is 6.09. The first-order valence-corrected chi connectivity index (χ1v) is 6.90. The number of nitrogens with two attached hydrogens (primary N) is 1. The van der Waals surface area contributed by atoms with Gasteiger partial charge in [-0.3, -0.25) is 4.79 Å². The third kappa shape index (κ3) is 3.02. The number of fused-ring (bicyclic) bond motifs is 1. The average molecular weight is 279 g/mol. The maximum Gasteiger partial charge on any atom is 0.251 e. The van der Waals surface area contributed by atoms with E-state index in [9.17, 15) is 9.90 Å². The Balaban J connectivity index is 2.21. The van der Waals surface area contributed by atoms with Gasteiger partial charge in [0.05, 0.1) is 22.9 Å². The van der Waals surface area contributed by atoms with Crippen LogP contribution in [0.25, 0.3) is 10.2 Å². The van der Waals surface area contributed by atoms with Crippen molar-refractivity contribution in [3.8, 4) is 0 Å². The Bertz CT molecular complexity index is 595. The lowest BCUT2D eigenvalue weighted by atomic mass is 10.0. The van der Waals surface area contributed by atoms with Gasteiger partial charge >= 0.3 is 0 Å². The fourth-order valence-electron chi connectivity index (χ4n) is 1.76. The zero-order valence-electron chi connectivity index (χ0n) is 10.9. The number of nitrogens with zero attached hydrogens (tertiary/aromatic N) is 1. The third-order valence-electron chi connectivity index (χ3n) is 2.99. The van der Waals surface area contributed by atoms with Crippen LogP contribution in [0, 0.1) is 5.92 Å². The van der Waals surface area contributed by atoms with Gasteiger partial charge in [-0.1, -0.05) is 25.2 Å². The Kier molecular flexibility index (Phi) is 4.01. The van der Waals surface area contributed by atoms with E-state index in [-0.39, 0.29) is 24.5 Å². The molecule has 0 saturated heterocycles. The van der Waals surface area contributed by atoms with Crippen molar-refractivity contribution < 1.29 is 9.90 Å². The maximum atomic E-state index is 12.1. The summed E-state index contributed by atoms with van der Waals surface area (Å²) in [5, 5.41) is 12.5. The summed E-state index contributed by atoms with van der Waals surface area (Å²) in [6.07, 6.45) is 0. The highest BCUT2D eigenvalue weighted by molar-refractivity contribution is 7.22. The molecule has 1 atom stereocenters. The van der Waals surface area contributed by atoms with Gasteiger partial charge in [-0.25, -0.2) is 4.98 Å². The first kappa shape index (κ1) is 13.8. The number of hydrogen-bond donors (Lipinski definition) is 3. The molecule has 2 aromatic rings. The molecule has 6 heteroatoms. The number of rotatable bonds is 4. The number of anilines is 1. The van der Waals surface area contributed by atoms with Crippen LogP contribution < -0.4 is 11.1 Å². The smallest absolute Gasteiger partial charge is 0.251 e. The van der Waals surface area contributed by atoms with Gasteiger partial charge in [-0.15, -0.1) is 0 Å². The van der Waals surface area contributed by atoms with Gasteiger partial charge in [0.1, 0.15) is 0 Å². The predicted octanol–water partition coefficient (Wildman–Crippen LogP) is 1.63. The molecule has 0 aliphatic carbocycles. The number of aliphatic hydroxyl groups is 1. The molecule has 19 heavy (non-hydrogen) atoms. The summed E-state index contributed by atoms with van der Waals surface area (Å²) in [5.41, 5.74) is 6.98. The number of amides is 1. The molecule has 1 aromatic heterocycles. The molecule has 0 spiro atoms. The Morgan fingerprint density at radius 1 is 1.53 bits per heavy atom. The second kappa shape index (κ2) is 5.54. The summed E-state index contributed by atoms with van der Waals surface area (Å²) in [5.74, 6) is -0.0154. The van der Waals surface area contributed by atoms with Crippen molar-refractivity contribution in [2.45, 2.75) is 19.9 Å². The lowest BCUT2D eigenvalue weighted by Gasteiger charge is -2.19. The van der Waals surface area contributed by atoms with E-state index in [0.717, 1.165) is 10.2 Å². The summed E-state index contributed by atoms with van der Waals surface area (Å²) in [6.45, 7) is 3.83. The van der Waals surface area contributed by atoms with Gasteiger partial charge in [0.2, 0.25) is 0 Å². The van der Waals surface area contributed by atoms with Crippen LogP contribution in [0.4, 0.5) is 5.13 Å². The van der Waals surface area contributed by atoms with E-state index in [1.165, 1.54) is 11.3 Å². The maximum absolute atomic E-state index is 12.1. The minimum absolute atomic E-state index is 0.0703. The van der Waals surface area contributed by atoms with Crippen LogP contribution in [-0.4, -0.2) is 28.6 Å². The monoisotopic (exact) mass is 279 g/mol. The van der Waals surface area contributed by atoms with E-state index in [1.54, 1.807) is 18.2 Å². The fourth-order valence-corrected chi connectivity index (χ4v) is 2.53. The highest BCUT2D eigenvalue weighted by Gasteiger charge is 2.16. The highest BCUT2D eigenvalue weighted by Crippen LogP contribution is 2.24. The number of nitrogen functional groups attached to an aromatic ring is 1. The van der Waals surface area contributed by atoms with Crippen molar-refractivity contribution in [2.24, 2.45) is 5.92 Å². The molecule has 4 N–H and O–H groups in total. The number of aliphatic hydroxyl groups excluding tert-OH is 1. The molecule has 1 heterocycles. The molecule has 0 bridgehead atoms. The third-order valence-corrected chi connectivity index (χ3v) is 3.83. The number of hydrogen-bond acceptors (Lipinski definition) is 5. The van der Waals surface area contributed by atoms with Crippen LogP contribution in [0.2, 0.25) is 0 Å². The molecular formula is C13H17N3O2S. The van der Waals surface area contributed by atoms with E-state index in [0.29, 0.717) is 10.7 Å². The average Bonchev–Trinajstić information content (AvgIpc) is 2.74. The second-order valence-corrected chi connectivity index (χ2v) is 5.80. The molecule has 0 aliphatic heterocycles. The molecular weight excluding hydrogens is 262 g/mol. The van der Waals surface area contributed by atoms with Crippen molar-refractivity contribution in [1.82, 2.24) is 10.3 Å². The van der Waals surface area contributed by atoms with Crippen molar-refractivity contribution in [3.63, 3.8) is 0 Å². The van der Waals surface area contributed by atoms with E-state index in [1.807, 2.05) is 13.8 Å². The first-order chi connectivity index (χ1) is 9.01. The molecule has 0 saturated carbocycles. The molecule has 2 rings (SSSR count). The number of nitrogens with one attached hydrogen (secondary N) is 1. The zero-order chi connectivity index (χ0) is 14.0. The largest absolute Gasteiger partial charge is 0.394 e. The summed E-state index contributed by atoms with van der Waals surface area (Å²) in [4.78, 5) is 16.2. The Morgan fingerprint density at radius 3 is 2.89 bits per heavy atom. The predicted molar refractivity (Wildman–Crippen MR) is 77.2 cm³/mol. The van der Waals surface area contributed by atoms with Crippen LogP contribution in [-0.2, 0) is 0 Å². The van der Waals surface area contributed by atoms with Gasteiger partial charge < -0.3 is 16.2 Å². The minimum Gasteiger partial charge on any atom is -0.394 e. The van der Waals surface area contributed by atoms with Crippen molar-refractivity contribution in [2.75, 3.05) is 12.3 Å². The molecule has 0 unspecified atom stereocenters. The van der Waals surface area contributed by atoms with Crippen LogP contribution in [0.1, 0.15) is 24.2 Å². The van der Waals surface area contributed by atoms with Gasteiger partial charge in [0.15, 0.2) is 5.13 Å². The summed E-state index contributed by atoms with van der Waals surface area (Å²) < 4.78 is 0.884. The summed E-state index contributed by atoms with van der Waals surface area (Å²) in [7, 11) is 0. The number of benzene rings is 1. The van der Waals surface area contributed by atoms with Crippen LogP contribution in [0.5, 0.6) is 0 Å². The Labute approximate surface area is 115 Å². The molecule has 0 radical (unpaired) electrons. The molecule has 5 nitrogen and oxygen atoms in total. The number of carbonyl (C=O) groups is 1. The van der Waals surface area contributed by atoms with E-state index < -0.39 is 0 Å². The quantitative estimate of drug-likeness (QED) is 0.793. The lowest BCUT2D eigenvalue weighted by molar-refractivity contribution is 0.0897. The molecule has 0 aliphatic rings.